The highest BCUT2D eigenvalue weighted by atomic mass is 32.1. The van der Waals surface area contributed by atoms with E-state index in [0.717, 1.165) is 39.1 Å². The van der Waals surface area contributed by atoms with Gasteiger partial charge in [0.25, 0.3) is 0 Å². The van der Waals surface area contributed by atoms with Crippen LogP contribution >= 0.6 is 11.3 Å². The molecule has 122 valence electrons. The molecule has 0 N–H and O–H groups in total. The number of rotatable bonds is 5. The molecule has 1 spiro atoms. The summed E-state index contributed by atoms with van der Waals surface area (Å²) in [5, 5.41) is 4.32. The molecule has 1 atom stereocenters. The number of amides is 1. The fourth-order valence-corrected chi connectivity index (χ4v) is 3.84. The Morgan fingerprint density at radius 3 is 3.05 bits per heavy atom. The monoisotopic (exact) mass is 324 g/mol. The van der Waals surface area contributed by atoms with Gasteiger partial charge in [-0.25, -0.2) is 0 Å². The van der Waals surface area contributed by atoms with Crippen molar-refractivity contribution in [1.82, 2.24) is 9.80 Å². The molecule has 2 aliphatic rings. The average molecular weight is 324 g/mol. The van der Waals surface area contributed by atoms with Gasteiger partial charge in [0.15, 0.2) is 0 Å². The van der Waals surface area contributed by atoms with Crippen molar-refractivity contribution in [3.05, 3.63) is 22.4 Å². The maximum Gasteiger partial charge on any atom is 0.248 e. The molecule has 2 fully saturated rings. The standard InChI is InChI=1S/C16H24N2O3S/c1-17(2)15(19)9-20-14-3-5-21-16(7-14)11-18(12-16)8-13-4-6-22-10-13/h4,6,10,14H,3,5,7-9,11-12H2,1-2H3. The van der Waals surface area contributed by atoms with Crippen LogP contribution in [-0.4, -0.2) is 67.8 Å². The van der Waals surface area contributed by atoms with E-state index in [4.69, 9.17) is 9.47 Å². The smallest absolute Gasteiger partial charge is 0.248 e. The minimum atomic E-state index is -0.0555. The van der Waals surface area contributed by atoms with E-state index in [9.17, 15) is 4.79 Å². The number of nitrogens with zero attached hydrogens (tertiary/aromatic N) is 2. The lowest BCUT2D eigenvalue weighted by molar-refractivity contribution is -0.200. The number of hydrogen-bond acceptors (Lipinski definition) is 5. The van der Waals surface area contributed by atoms with Crippen LogP contribution in [-0.2, 0) is 20.8 Å². The molecule has 0 radical (unpaired) electrons. The summed E-state index contributed by atoms with van der Waals surface area (Å²) in [5.74, 6) is 0.0215. The molecule has 0 bridgehead atoms. The predicted molar refractivity (Wildman–Crippen MR) is 85.9 cm³/mol. The van der Waals surface area contributed by atoms with Crippen molar-refractivity contribution in [3.63, 3.8) is 0 Å². The molecule has 6 heteroatoms. The second-order valence-corrected chi connectivity index (χ2v) is 7.30. The topological polar surface area (TPSA) is 42.0 Å². The van der Waals surface area contributed by atoms with Gasteiger partial charge in [-0.05, 0) is 28.8 Å². The molecule has 0 saturated carbocycles. The van der Waals surface area contributed by atoms with Crippen LogP contribution in [0.25, 0.3) is 0 Å². The molecule has 3 rings (SSSR count). The van der Waals surface area contributed by atoms with E-state index in [-0.39, 0.29) is 24.2 Å². The number of ether oxygens (including phenoxy) is 2. The van der Waals surface area contributed by atoms with Gasteiger partial charge in [0.1, 0.15) is 6.61 Å². The Hall–Kier alpha value is -0.950. The molecular formula is C16H24N2O3S. The predicted octanol–water partition coefficient (Wildman–Crippen LogP) is 1.59. The molecule has 5 nitrogen and oxygen atoms in total. The number of carbonyl (C=O) groups is 1. The van der Waals surface area contributed by atoms with Crippen LogP contribution in [0, 0.1) is 0 Å². The molecule has 0 aliphatic carbocycles. The van der Waals surface area contributed by atoms with Crippen molar-refractivity contribution in [1.29, 1.82) is 0 Å². The lowest BCUT2D eigenvalue weighted by Crippen LogP contribution is -2.65. The maximum absolute atomic E-state index is 11.6. The number of likely N-dealkylation sites (N-methyl/N-ethyl adjacent to an activating group) is 1. The summed E-state index contributed by atoms with van der Waals surface area (Å²) in [6.07, 6.45) is 1.92. The van der Waals surface area contributed by atoms with Crippen LogP contribution in [0.1, 0.15) is 18.4 Å². The Morgan fingerprint density at radius 2 is 2.36 bits per heavy atom. The van der Waals surface area contributed by atoms with Gasteiger partial charge >= 0.3 is 0 Å². The van der Waals surface area contributed by atoms with Crippen LogP contribution in [0.2, 0.25) is 0 Å². The zero-order valence-electron chi connectivity index (χ0n) is 13.3. The Bertz CT molecular complexity index is 497. The van der Waals surface area contributed by atoms with Crippen LogP contribution in [0.15, 0.2) is 16.8 Å². The van der Waals surface area contributed by atoms with Crippen LogP contribution in [0.5, 0.6) is 0 Å². The largest absolute Gasteiger partial charge is 0.372 e. The number of thiophene rings is 1. The van der Waals surface area contributed by atoms with E-state index in [1.165, 1.54) is 5.56 Å². The van der Waals surface area contributed by atoms with Crippen LogP contribution in [0.4, 0.5) is 0 Å². The minimum absolute atomic E-state index is 0.0215. The van der Waals surface area contributed by atoms with Crippen LogP contribution < -0.4 is 0 Å². The van der Waals surface area contributed by atoms with E-state index >= 15 is 0 Å². The van der Waals surface area contributed by atoms with Crippen molar-refractivity contribution >= 4 is 17.2 Å². The summed E-state index contributed by atoms with van der Waals surface area (Å²) in [7, 11) is 3.51. The van der Waals surface area contributed by atoms with Crippen molar-refractivity contribution in [2.75, 3.05) is 40.4 Å². The summed E-state index contributed by atoms with van der Waals surface area (Å²) in [6.45, 7) is 3.83. The van der Waals surface area contributed by atoms with Gasteiger partial charge < -0.3 is 14.4 Å². The van der Waals surface area contributed by atoms with Crippen molar-refractivity contribution < 1.29 is 14.3 Å². The summed E-state index contributed by atoms with van der Waals surface area (Å²) >= 11 is 1.74. The van der Waals surface area contributed by atoms with Gasteiger partial charge in [-0.2, -0.15) is 11.3 Å². The average Bonchev–Trinajstić information content (AvgIpc) is 2.96. The third-order valence-electron chi connectivity index (χ3n) is 4.40. The van der Waals surface area contributed by atoms with Gasteiger partial charge in [-0.3, -0.25) is 9.69 Å². The molecule has 1 amide bonds. The molecule has 22 heavy (non-hydrogen) atoms. The highest BCUT2D eigenvalue weighted by Crippen LogP contribution is 2.36. The van der Waals surface area contributed by atoms with Crippen molar-refractivity contribution in [2.24, 2.45) is 0 Å². The number of carbonyl (C=O) groups excluding carboxylic acids is 1. The number of likely N-dealkylation sites (tertiary alicyclic amines) is 1. The summed E-state index contributed by atoms with van der Waals surface area (Å²) in [4.78, 5) is 15.6. The molecule has 2 aliphatic heterocycles. The van der Waals surface area contributed by atoms with E-state index in [1.807, 2.05) is 0 Å². The van der Waals surface area contributed by atoms with Crippen molar-refractivity contribution in [2.45, 2.75) is 31.1 Å². The fourth-order valence-electron chi connectivity index (χ4n) is 3.19. The zero-order chi connectivity index (χ0) is 15.6. The van der Waals surface area contributed by atoms with Gasteiger partial charge in [0.2, 0.25) is 5.91 Å². The Morgan fingerprint density at radius 1 is 1.55 bits per heavy atom. The first-order valence-electron chi connectivity index (χ1n) is 7.75. The number of hydrogen-bond donors (Lipinski definition) is 0. The lowest BCUT2D eigenvalue weighted by Gasteiger charge is -2.53. The molecule has 1 unspecified atom stereocenters. The summed E-state index contributed by atoms with van der Waals surface area (Å²) in [6, 6.07) is 2.18. The van der Waals surface area contributed by atoms with E-state index in [0.29, 0.717) is 0 Å². The SMILES string of the molecule is CN(C)C(=O)COC1CCOC2(C1)CN(Cc1ccsc1)C2. The molecule has 0 aromatic carbocycles. The molecule has 1 aromatic rings. The van der Waals surface area contributed by atoms with E-state index < -0.39 is 0 Å². The first-order chi connectivity index (χ1) is 10.6. The Labute approximate surface area is 135 Å². The normalized spacial score (nSPS) is 24.2. The van der Waals surface area contributed by atoms with Gasteiger partial charge in [0, 0.05) is 46.8 Å². The molecule has 2 saturated heterocycles. The fraction of sp³-hybridized carbons (Fsp3) is 0.688. The highest BCUT2D eigenvalue weighted by Gasteiger charge is 2.47. The third-order valence-corrected chi connectivity index (χ3v) is 5.13. The quantitative estimate of drug-likeness (QED) is 0.825. The second-order valence-electron chi connectivity index (χ2n) is 6.52. The Balaban J connectivity index is 1.44. The second kappa shape index (κ2) is 6.66. The maximum atomic E-state index is 11.6. The lowest BCUT2D eigenvalue weighted by atomic mass is 9.84. The minimum Gasteiger partial charge on any atom is -0.372 e. The van der Waals surface area contributed by atoms with Crippen molar-refractivity contribution in [3.8, 4) is 0 Å². The Kier molecular flexibility index (Phi) is 4.82. The van der Waals surface area contributed by atoms with E-state index in [1.54, 1.807) is 30.3 Å². The summed E-state index contributed by atoms with van der Waals surface area (Å²) < 4.78 is 11.8. The first-order valence-corrected chi connectivity index (χ1v) is 8.70. The highest BCUT2D eigenvalue weighted by molar-refractivity contribution is 7.07. The van der Waals surface area contributed by atoms with Gasteiger partial charge in [0.05, 0.1) is 11.7 Å². The molecule has 1 aromatic heterocycles. The van der Waals surface area contributed by atoms with Gasteiger partial charge in [-0.1, -0.05) is 0 Å². The third kappa shape index (κ3) is 3.68. The first kappa shape index (κ1) is 15.9. The molecular weight excluding hydrogens is 300 g/mol. The van der Waals surface area contributed by atoms with E-state index in [2.05, 4.69) is 21.7 Å². The summed E-state index contributed by atoms with van der Waals surface area (Å²) in [5.41, 5.74) is 1.32. The van der Waals surface area contributed by atoms with Crippen LogP contribution in [0.3, 0.4) is 0 Å². The molecule has 3 heterocycles. The van der Waals surface area contributed by atoms with Gasteiger partial charge in [-0.15, -0.1) is 0 Å². The zero-order valence-corrected chi connectivity index (χ0v) is 14.1.